The number of Topliss-reactive ketones (excluding diaryl/α,β-unsaturated/α-hetero) is 1. The van der Waals surface area contributed by atoms with Crippen LogP contribution in [0.5, 0.6) is 0 Å². The molecular weight excluding hydrogens is 383 g/mol. The van der Waals surface area contributed by atoms with Crippen molar-refractivity contribution in [3.63, 3.8) is 0 Å². The molecule has 148 valence electrons. The molecule has 0 aliphatic rings. The topological polar surface area (TPSA) is 151 Å². The molecule has 11 nitrogen and oxygen atoms in total. The number of nitro groups is 1. The van der Waals surface area contributed by atoms with Crippen LogP contribution in [0.15, 0.2) is 24.3 Å². The second-order valence-electron chi connectivity index (χ2n) is 4.93. The van der Waals surface area contributed by atoms with Gasteiger partial charge in [0, 0.05) is 17.8 Å². The van der Waals surface area contributed by atoms with E-state index in [9.17, 15) is 29.1 Å². The molecule has 0 saturated carbocycles. The number of hydrogen-bond acceptors (Lipinski definition) is 9. The monoisotopic (exact) mass is 402 g/mol. The summed E-state index contributed by atoms with van der Waals surface area (Å²) in [5.41, 5.74) is -2.51. The van der Waals surface area contributed by atoms with Crippen LogP contribution in [-0.2, 0) is 32.7 Å². The molecule has 12 heteroatoms. The highest BCUT2D eigenvalue weighted by Crippen LogP contribution is 2.53. The standard InChI is InChI=1S/C15H19N2O9P/c1-4-25-27(23,26-5-2)13(15(20)24-3)12(18)14(19)16-10-7-6-8-11(9-10)17(21)22/h6-9,13H,4-5H2,1-3H3,(H,16,19). The Bertz CT molecular complexity index is 770. The third-order valence-corrected chi connectivity index (χ3v) is 5.46. The zero-order chi connectivity index (χ0) is 20.6. The lowest BCUT2D eigenvalue weighted by atomic mass is 10.2. The molecule has 0 fully saturated rings. The normalized spacial score (nSPS) is 12.1. The molecule has 0 saturated heterocycles. The highest BCUT2D eigenvalue weighted by Gasteiger charge is 2.49. The van der Waals surface area contributed by atoms with Crippen molar-refractivity contribution in [2.75, 3.05) is 25.6 Å². The molecule has 27 heavy (non-hydrogen) atoms. The number of nitrogens with zero attached hydrogens (tertiary/aromatic N) is 1. The van der Waals surface area contributed by atoms with E-state index in [0.29, 0.717) is 0 Å². The molecule has 0 aliphatic carbocycles. The first-order valence-electron chi connectivity index (χ1n) is 7.76. The van der Waals surface area contributed by atoms with E-state index in [1.807, 2.05) is 0 Å². The van der Waals surface area contributed by atoms with E-state index in [1.54, 1.807) is 0 Å². The van der Waals surface area contributed by atoms with Crippen LogP contribution in [0.1, 0.15) is 13.8 Å². The third-order valence-electron chi connectivity index (χ3n) is 3.15. The van der Waals surface area contributed by atoms with Crippen LogP contribution in [0.2, 0.25) is 0 Å². The van der Waals surface area contributed by atoms with Crippen LogP contribution in [0.3, 0.4) is 0 Å². The van der Waals surface area contributed by atoms with Crippen LogP contribution in [0.25, 0.3) is 0 Å². The zero-order valence-corrected chi connectivity index (χ0v) is 15.8. The Morgan fingerprint density at radius 2 is 1.81 bits per heavy atom. The third kappa shape index (κ3) is 5.68. The number of methoxy groups -OCH3 is 1. The minimum atomic E-state index is -4.34. The lowest BCUT2D eigenvalue weighted by molar-refractivity contribution is -0.384. The number of amides is 1. The molecule has 0 radical (unpaired) electrons. The quantitative estimate of drug-likeness (QED) is 0.154. The molecular formula is C15H19N2O9P. The molecule has 0 heterocycles. The summed E-state index contributed by atoms with van der Waals surface area (Å²) in [7, 11) is -3.39. The van der Waals surface area contributed by atoms with Gasteiger partial charge in [-0.05, 0) is 19.9 Å². The van der Waals surface area contributed by atoms with Crippen LogP contribution < -0.4 is 5.32 Å². The molecule has 0 spiro atoms. The molecule has 1 unspecified atom stereocenters. The van der Waals surface area contributed by atoms with Gasteiger partial charge in [-0.25, -0.2) is 0 Å². The number of carbonyl (C=O) groups excluding carboxylic acids is 3. The number of rotatable bonds is 10. The first-order chi connectivity index (χ1) is 12.7. The minimum Gasteiger partial charge on any atom is -0.468 e. The van der Waals surface area contributed by atoms with Crippen LogP contribution in [-0.4, -0.2) is 48.6 Å². The maximum Gasteiger partial charge on any atom is 0.353 e. The van der Waals surface area contributed by atoms with Gasteiger partial charge >= 0.3 is 13.6 Å². The Hall–Kier alpha value is -2.62. The molecule has 0 aliphatic heterocycles. The first kappa shape index (κ1) is 22.4. The van der Waals surface area contributed by atoms with E-state index >= 15 is 0 Å². The van der Waals surface area contributed by atoms with Crippen molar-refractivity contribution in [3.8, 4) is 0 Å². The Balaban J connectivity index is 3.16. The zero-order valence-electron chi connectivity index (χ0n) is 14.9. The molecule has 0 bridgehead atoms. The number of ether oxygens (including phenoxy) is 1. The van der Waals surface area contributed by atoms with Gasteiger partial charge in [-0.1, -0.05) is 6.07 Å². The fraction of sp³-hybridized carbons (Fsp3) is 0.400. The number of carbonyl (C=O) groups is 3. The predicted octanol–water partition coefficient (Wildman–Crippen LogP) is 1.91. The van der Waals surface area contributed by atoms with Gasteiger partial charge in [0.1, 0.15) is 0 Å². The number of nitrogens with one attached hydrogen (secondary N) is 1. The largest absolute Gasteiger partial charge is 0.468 e. The van der Waals surface area contributed by atoms with Gasteiger partial charge in [-0.2, -0.15) is 0 Å². The fourth-order valence-electron chi connectivity index (χ4n) is 2.05. The van der Waals surface area contributed by atoms with Gasteiger partial charge in [0.15, 0.2) is 0 Å². The lowest BCUT2D eigenvalue weighted by Gasteiger charge is -2.23. The van der Waals surface area contributed by atoms with E-state index in [0.717, 1.165) is 13.2 Å². The Kier molecular flexibility index (Phi) is 8.23. The van der Waals surface area contributed by atoms with Gasteiger partial charge in [-0.3, -0.25) is 29.1 Å². The molecule has 1 atom stereocenters. The summed E-state index contributed by atoms with van der Waals surface area (Å²) in [4.78, 5) is 46.8. The predicted molar refractivity (Wildman–Crippen MR) is 93.4 cm³/mol. The average Bonchev–Trinajstić information content (AvgIpc) is 2.62. The van der Waals surface area contributed by atoms with Crippen molar-refractivity contribution in [2.24, 2.45) is 0 Å². The molecule has 1 aromatic rings. The Morgan fingerprint density at radius 3 is 2.30 bits per heavy atom. The average molecular weight is 402 g/mol. The van der Waals surface area contributed by atoms with E-state index in [1.165, 1.54) is 32.0 Å². The maximum absolute atomic E-state index is 12.8. The molecule has 0 aromatic heterocycles. The van der Waals surface area contributed by atoms with Crippen molar-refractivity contribution in [2.45, 2.75) is 19.5 Å². The number of benzene rings is 1. The SMILES string of the molecule is CCOP(=O)(OCC)C(C(=O)OC)C(=O)C(=O)Nc1cccc([N+](=O)[O-])c1. The van der Waals surface area contributed by atoms with Crippen molar-refractivity contribution in [1.82, 2.24) is 0 Å². The number of ketones is 1. The number of esters is 1. The molecule has 1 N–H and O–H groups in total. The number of non-ortho nitro benzene ring substituents is 1. The van der Waals surface area contributed by atoms with E-state index in [-0.39, 0.29) is 24.6 Å². The fourth-order valence-corrected chi connectivity index (χ4v) is 3.91. The first-order valence-corrected chi connectivity index (χ1v) is 9.37. The van der Waals surface area contributed by atoms with Gasteiger partial charge in [-0.15, -0.1) is 0 Å². The summed E-state index contributed by atoms with van der Waals surface area (Å²) in [5.74, 6) is -4.01. The summed E-state index contributed by atoms with van der Waals surface area (Å²) in [5, 5.41) is 12.9. The Labute approximate surface area is 154 Å². The van der Waals surface area contributed by atoms with Gasteiger partial charge in [0.05, 0.1) is 25.2 Å². The van der Waals surface area contributed by atoms with Crippen molar-refractivity contribution in [1.29, 1.82) is 0 Å². The van der Waals surface area contributed by atoms with E-state index in [4.69, 9.17) is 9.05 Å². The minimum absolute atomic E-state index is 0.0613. The van der Waals surface area contributed by atoms with Gasteiger partial charge < -0.3 is 19.1 Å². The van der Waals surface area contributed by atoms with E-state index < -0.39 is 35.8 Å². The summed E-state index contributed by atoms with van der Waals surface area (Å²) in [6.45, 7) is 2.64. The second-order valence-corrected chi connectivity index (χ2v) is 7.04. The van der Waals surface area contributed by atoms with Crippen molar-refractivity contribution in [3.05, 3.63) is 34.4 Å². The lowest BCUT2D eigenvalue weighted by Crippen LogP contribution is -2.40. The summed E-state index contributed by atoms with van der Waals surface area (Å²) < 4.78 is 27.2. The molecule has 1 aromatic carbocycles. The maximum atomic E-state index is 12.8. The summed E-state index contributed by atoms with van der Waals surface area (Å²) in [6.07, 6.45) is 0. The Morgan fingerprint density at radius 1 is 1.22 bits per heavy atom. The van der Waals surface area contributed by atoms with Crippen LogP contribution in [0.4, 0.5) is 11.4 Å². The summed E-state index contributed by atoms with van der Waals surface area (Å²) in [6, 6.07) is 4.80. The number of nitro benzene ring substituents is 1. The highest BCUT2D eigenvalue weighted by molar-refractivity contribution is 7.57. The number of anilines is 1. The van der Waals surface area contributed by atoms with Crippen molar-refractivity contribution >= 4 is 36.6 Å². The van der Waals surface area contributed by atoms with Gasteiger partial charge in [0.25, 0.3) is 11.6 Å². The second kappa shape index (κ2) is 9.91. The number of hydrogen-bond donors (Lipinski definition) is 1. The molecule has 1 amide bonds. The van der Waals surface area contributed by atoms with Crippen LogP contribution >= 0.6 is 7.60 Å². The highest BCUT2D eigenvalue weighted by atomic mass is 31.2. The smallest absolute Gasteiger partial charge is 0.353 e. The summed E-state index contributed by atoms with van der Waals surface area (Å²) >= 11 is 0. The van der Waals surface area contributed by atoms with Crippen molar-refractivity contribution < 1.29 is 37.7 Å². The van der Waals surface area contributed by atoms with E-state index in [2.05, 4.69) is 10.1 Å². The molecule has 1 rings (SSSR count). The van der Waals surface area contributed by atoms with Crippen LogP contribution in [0, 0.1) is 10.1 Å². The van der Waals surface area contributed by atoms with Gasteiger partial charge in [0.2, 0.25) is 11.4 Å².